The van der Waals surface area contributed by atoms with Crippen LogP contribution >= 0.6 is 0 Å². The van der Waals surface area contributed by atoms with Gasteiger partial charge in [-0.1, -0.05) is 60.2 Å². The van der Waals surface area contributed by atoms with E-state index in [1.165, 1.54) is 5.56 Å². The number of benzene rings is 3. The fraction of sp³-hybridized carbons (Fsp3) is 0.0435. The Kier molecular flexibility index (Phi) is 3.32. The molecule has 2 heterocycles. The van der Waals surface area contributed by atoms with Crippen LogP contribution in [0.2, 0.25) is 0 Å². The third-order valence-electron chi connectivity index (χ3n) is 4.71. The van der Waals surface area contributed by atoms with Crippen molar-refractivity contribution in [3.05, 3.63) is 90.6 Å². The SMILES string of the molecule is Cc1ccc2ncc3c(-c4ccccc4)nn(-c4ccccc4)c3c2c1. The quantitative estimate of drug-likeness (QED) is 0.423. The normalized spacial score (nSPS) is 11.3. The molecule has 26 heavy (non-hydrogen) atoms. The van der Waals surface area contributed by atoms with Crippen LogP contribution in [0.5, 0.6) is 0 Å². The molecule has 0 aliphatic rings. The minimum atomic E-state index is 0.959. The molecular weight excluding hydrogens is 318 g/mol. The highest BCUT2D eigenvalue weighted by molar-refractivity contribution is 6.08. The molecule has 3 nitrogen and oxygen atoms in total. The number of aryl methyl sites for hydroxylation is 1. The number of hydrogen-bond donors (Lipinski definition) is 0. The monoisotopic (exact) mass is 335 g/mol. The molecule has 0 saturated carbocycles. The number of hydrogen-bond acceptors (Lipinski definition) is 2. The lowest BCUT2D eigenvalue weighted by Crippen LogP contribution is -1.97. The fourth-order valence-electron chi connectivity index (χ4n) is 3.46. The van der Waals surface area contributed by atoms with E-state index in [-0.39, 0.29) is 0 Å². The molecule has 0 aliphatic carbocycles. The minimum Gasteiger partial charge on any atom is -0.255 e. The first-order valence-corrected chi connectivity index (χ1v) is 8.70. The summed E-state index contributed by atoms with van der Waals surface area (Å²) in [5.74, 6) is 0. The van der Waals surface area contributed by atoms with E-state index in [9.17, 15) is 0 Å². The van der Waals surface area contributed by atoms with Crippen LogP contribution in [0.25, 0.3) is 38.8 Å². The second-order valence-corrected chi connectivity index (χ2v) is 6.50. The highest BCUT2D eigenvalue weighted by Crippen LogP contribution is 2.33. The van der Waals surface area contributed by atoms with Gasteiger partial charge in [-0.15, -0.1) is 0 Å². The Labute approximate surface area is 151 Å². The van der Waals surface area contributed by atoms with Crippen LogP contribution in [-0.2, 0) is 0 Å². The smallest absolute Gasteiger partial charge is 0.102 e. The molecule has 124 valence electrons. The van der Waals surface area contributed by atoms with Crippen LogP contribution in [0.15, 0.2) is 85.1 Å². The third-order valence-corrected chi connectivity index (χ3v) is 4.71. The van der Waals surface area contributed by atoms with Gasteiger partial charge in [-0.25, -0.2) is 4.68 Å². The van der Waals surface area contributed by atoms with E-state index in [2.05, 4.69) is 49.4 Å². The second kappa shape index (κ2) is 5.81. The molecule has 2 aromatic heterocycles. The van der Waals surface area contributed by atoms with Crippen molar-refractivity contribution in [3.63, 3.8) is 0 Å². The van der Waals surface area contributed by atoms with Gasteiger partial charge in [0.15, 0.2) is 0 Å². The summed E-state index contributed by atoms with van der Waals surface area (Å²) in [6.45, 7) is 2.11. The lowest BCUT2D eigenvalue weighted by molar-refractivity contribution is 0.917. The Balaban J connectivity index is 1.94. The van der Waals surface area contributed by atoms with Crippen molar-refractivity contribution in [2.75, 3.05) is 0 Å². The first kappa shape index (κ1) is 14.8. The van der Waals surface area contributed by atoms with E-state index in [4.69, 9.17) is 10.1 Å². The summed E-state index contributed by atoms with van der Waals surface area (Å²) in [5.41, 5.74) is 6.41. The zero-order valence-corrected chi connectivity index (χ0v) is 14.4. The zero-order valence-electron chi connectivity index (χ0n) is 14.4. The van der Waals surface area contributed by atoms with Crippen molar-refractivity contribution < 1.29 is 0 Å². The van der Waals surface area contributed by atoms with E-state index in [0.29, 0.717) is 0 Å². The maximum absolute atomic E-state index is 4.99. The maximum atomic E-state index is 4.99. The number of pyridine rings is 1. The lowest BCUT2D eigenvalue weighted by Gasteiger charge is -2.06. The average Bonchev–Trinajstić information content (AvgIpc) is 3.09. The summed E-state index contributed by atoms with van der Waals surface area (Å²) in [7, 11) is 0. The van der Waals surface area contributed by atoms with Crippen molar-refractivity contribution in [2.45, 2.75) is 6.92 Å². The zero-order chi connectivity index (χ0) is 17.5. The van der Waals surface area contributed by atoms with Crippen LogP contribution < -0.4 is 0 Å². The van der Waals surface area contributed by atoms with Gasteiger partial charge >= 0.3 is 0 Å². The van der Waals surface area contributed by atoms with Crippen molar-refractivity contribution in [1.29, 1.82) is 0 Å². The molecule has 5 aromatic rings. The van der Waals surface area contributed by atoms with E-state index >= 15 is 0 Å². The summed E-state index contributed by atoms with van der Waals surface area (Å²) in [6.07, 6.45) is 1.95. The Bertz CT molecular complexity index is 1220. The summed E-state index contributed by atoms with van der Waals surface area (Å²) in [5, 5.41) is 7.18. The molecule has 0 atom stereocenters. The molecule has 0 aliphatic heterocycles. The van der Waals surface area contributed by atoms with Crippen molar-refractivity contribution >= 4 is 21.8 Å². The number of fused-ring (bicyclic) bond motifs is 3. The third kappa shape index (κ3) is 2.29. The van der Waals surface area contributed by atoms with Crippen molar-refractivity contribution in [3.8, 4) is 16.9 Å². The molecule has 0 amide bonds. The standard InChI is InChI=1S/C23H17N3/c1-16-12-13-21-19(14-16)23-20(15-24-21)22(17-8-4-2-5-9-17)25-26(23)18-10-6-3-7-11-18/h2-15H,1H3. The molecule has 0 bridgehead atoms. The second-order valence-electron chi connectivity index (χ2n) is 6.50. The summed E-state index contributed by atoms with van der Waals surface area (Å²) < 4.78 is 2.04. The molecule has 0 saturated heterocycles. The average molecular weight is 335 g/mol. The van der Waals surface area contributed by atoms with Gasteiger partial charge in [-0.3, -0.25) is 4.98 Å². The predicted molar refractivity (Wildman–Crippen MR) is 107 cm³/mol. The molecule has 0 unspecified atom stereocenters. The molecular formula is C23H17N3. The Morgan fingerprint density at radius 3 is 2.27 bits per heavy atom. The van der Waals surface area contributed by atoms with Gasteiger partial charge in [0.2, 0.25) is 0 Å². The van der Waals surface area contributed by atoms with E-state index in [0.717, 1.165) is 38.8 Å². The first-order valence-electron chi connectivity index (χ1n) is 8.70. The topological polar surface area (TPSA) is 30.7 Å². The van der Waals surface area contributed by atoms with Gasteiger partial charge in [0, 0.05) is 22.5 Å². The summed E-state index contributed by atoms with van der Waals surface area (Å²) in [6, 6.07) is 27.0. The van der Waals surface area contributed by atoms with Crippen LogP contribution in [-0.4, -0.2) is 14.8 Å². The number of aromatic nitrogens is 3. The first-order chi connectivity index (χ1) is 12.8. The summed E-state index contributed by atoms with van der Waals surface area (Å²) in [4.78, 5) is 4.69. The lowest BCUT2D eigenvalue weighted by atomic mass is 10.1. The number of nitrogens with zero attached hydrogens (tertiary/aromatic N) is 3. The molecule has 0 N–H and O–H groups in total. The predicted octanol–water partition coefficient (Wildman–Crippen LogP) is 5.55. The fourth-order valence-corrected chi connectivity index (χ4v) is 3.46. The largest absolute Gasteiger partial charge is 0.255 e. The van der Waals surface area contributed by atoms with Crippen molar-refractivity contribution in [1.82, 2.24) is 14.8 Å². The van der Waals surface area contributed by atoms with Gasteiger partial charge in [-0.05, 0) is 31.2 Å². The van der Waals surface area contributed by atoms with Gasteiger partial charge in [-0.2, -0.15) is 5.10 Å². The van der Waals surface area contributed by atoms with E-state index in [1.54, 1.807) is 0 Å². The maximum Gasteiger partial charge on any atom is 0.102 e. The van der Waals surface area contributed by atoms with Gasteiger partial charge in [0.25, 0.3) is 0 Å². The van der Waals surface area contributed by atoms with Gasteiger partial charge < -0.3 is 0 Å². The Morgan fingerprint density at radius 1 is 0.769 bits per heavy atom. The number of para-hydroxylation sites is 1. The highest BCUT2D eigenvalue weighted by Gasteiger charge is 2.16. The van der Waals surface area contributed by atoms with Crippen LogP contribution in [0.4, 0.5) is 0 Å². The van der Waals surface area contributed by atoms with Crippen LogP contribution in [0.1, 0.15) is 5.56 Å². The Morgan fingerprint density at radius 2 is 1.50 bits per heavy atom. The number of rotatable bonds is 2. The van der Waals surface area contributed by atoms with Gasteiger partial charge in [0.05, 0.1) is 16.7 Å². The molecule has 0 radical (unpaired) electrons. The molecule has 0 spiro atoms. The van der Waals surface area contributed by atoms with Gasteiger partial charge in [0.1, 0.15) is 5.69 Å². The summed E-state index contributed by atoms with van der Waals surface area (Å²) >= 11 is 0. The molecule has 5 rings (SSSR count). The van der Waals surface area contributed by atoms with Crippen LogP contribution in [0, 0.1) is 6.92 Å². The molecule has 0 fully saturated rings. The van der Waals surface area contributed by atoms with E-state index < -0.39 is 0 Å². The minimum absolute atomic E-state index is 0.959. The van der Waals surface area contributed by atoms with E-state index in [1.807, 2.05) is 47.3 Å². The molecule has 3 aromatic carbocycles. The Hall–Kier alpha value is -3.46. The van der Waals surface area contributed by atoms with Crippen LogP contribution in [0.3, 0.4) is 0 Å². The van der Waals surface area contributed by atoms with Crippen molar-refractivity contribution in [2.24, 2.45) is 0 Å². The molecule has 3 heteroatoms. The highest BCUT2D eigenvalue weighted by atomic mass is 15.3.